The van der Waals surface area contributed by atoms with E-state index in [1.54, 1.807) is 6.20 Å². The minimum atomic E-state index is 0.356. The molecular formula is C12H8N6O. The lowest BCUT2D eigenvalue weighted by Crippen LogP contribution is -1.99. The predicted octanol–water partition coefficient (Wildman–Crippen LogP) is 1.54. The van der Waals surface area contributed by atoms with Crippen molar-refractivity contribution in [1.82, 2.24) is 24.7 Å². The molecule has 2 N–H and O–H groups in total. The molecule has 19 heavy (non-hydrogen) atoms. The minimum Gasteiger partial charge on any atom is -0.422 e. The van der Waals surface area contributed by atoms with E-state index in [1.807, 2.05) is 24.3 Å². The Balaban J connectivity index is 2.01. The minimum absolute atomic E-state index is 0.356. The Morgan fingerprint density at radius 3 is 2.95 bits per heavy atom. The molecule has 3 aromatic heterocycles. The van der Waals surface area contributed by atoms with E-state index >= 15 is 0 Å². The molecule has 0 unspecified atom stereocenters. The number of anilines is 1. The Kier molecular flexibility index (Phi) is 1.85. The first kappa shape index (κ1) is 10.0. The summed E-state index contributed by atoms with van der Waals surface area (Å²) in [7, 11) is 0. The van der Waals surface area contributed by atoms with E-state index in [2.05, 4.69) is 20.1 Å². The van der Waals surface area contributed by atoms with Gasteiger partial charge in [-0.05, 0) is 12.1 Å². The Labute approximate surface area is 106 Å². The van der Waals surface area contributed by atoms with Crippen molar-refractivity contribution in [3.8, 4) is 6.01 Å². The molecule has 0 aliphatic rings. The number of nitrogens with zero attached hydrogens (tertiary/aromatic N) is 5. The normalized spacial score (nSPS) is 11.4. The summed E-state index contributed by atoms with van der Waals surface area (Å²) >= 11 is 0. The molecule has 4 aromatic rings. The molecule has 0 aliphatic heterocycles. The SMILES string of the molecule is Nc1ncnc2c1cnn2-c1nc2ccccc2o1. The van der Waals surface area contributed by atoms with Crippen LogP contribution in [0.4, 0.5) is 5.82 Å². The van der Waals surface area contributed by atoms with Crippen LogP contribution in [-0.4, -0.2) is 24.7 Å². The number of benzene rings is 1. The van der Waals surface area contributed by atoms with Crippen molar-refractivity contribution in [3.05, 3.63) is 36.8 Å². The highest BCUT2D eigenvalue weighted by Crippen LogP contribution is 2.22. The van der Waals surface area contributed by atoms with Crippen molar-refractivity contribution >= 4 is 28.0 Å². The fraction of sp³-hybridized carbons (Fsp3) is 0. The monoisotopic (exact) mass is 252 g/mol. The number of rotatable bonds is 1. The van der Waals surface area contributed by atoms with Gasteiger partial charge in [0.05, 0.1) is 11.6 Å². The fourth-order valence-corrected chi connectivity index (χ4v) is 1.95. The van der Waals surface area contributed by atoms with Gasteiger partial charge in [0.2, 0.25) is 0 Å². The van der Waals surface area contributed by atoms with E-state index < -0.39 is 0 Å². The molecular weight excluding hydrogens is 244 g/mol. The largest absolute Gasteiger partial charge is 0.422 e. The number of para-hydroxylation sites is 2. The average molecular weight is 252 g/mol. The third-order valence-corrected chi connectivity index (χ3v) is 2.86. The molecule has 92 valence electrons. The lowest BCUT2D eigenvalue weighted by atomic mass is 10.3. The Bertz CT molecular complexity index is 860. The van der Waals surface area contributed by atoms with E-state index in [-0.39, 0.29) is 0 Å². The molecule has 0 radical (unpaired) electrons. The zero-order valence-electron chi connectivity index (χ0n) is 9.69. The number of nitrogen functional groups attached to an aromatic ring is 1. The van der Waals surface area contributed by atoms with Crippen LogP contribution in [0.3, 0.4) is 0 Å². The van der Waals surface area contributed by atoms with Gasteiger partial charge in [0.25, 0.3) is 0 Å². The van der Waals surface area contributed by atoms with Crippen molar-refractivity contribution in [1.29, 1.82) is 0 Å². The molecule has 0 amide bonds. The van der Waals surface area contributed by atoms with Crippen LogP contribution in [0.15, 0.2) is 41.2 Å². The highest BCUT2D eigenvalue weighted by atomic mass is 16.4. The first-order valence-corrected chi connectivity index (χ1v) is 5.63. The maximum Gasteiger partial charge on any atom is 0.325 e. The molecule has 0 saturated carbocycles. The highest BCUT2D eigenvalue weighted by Gasteiger charge is 2.14. The van der Waals surface area contributed by atoms with Crippen LogP contribution in [-0.2, 0) is 0 Å². The summed E-state index contributed by atoms with van der Waals surface area (Å²) < 4.78 is 7.16. The molecule has 4 rings (SSSR count). The molecule has 3 heterocycles. The molecule has 7 heteroatoms. The van der Waals surface area contributed by atoms with E-state index in [4.69, 9.17) is 10.2 Å². The average Bonchev–Trinajstić information content (AvgIpc) is 3.02. The first-order valence-electron chi connectivity index (χ1n) is 5.63. The second kappa shape index (κ2) is 3.52. The molecule has 1 aromatic carbocycles. The van der Waals surface area contributed by atoms with Gasteiger partial charge in [-0.15, -0.1) is 0 Å². The molecule has 0 atom stereocenters. The summed E-state index contributed by atoms with van der Waals surface area (Å²) in [4.78, 5) is 12.4. The van der Waals surface area contributed by atoms with Crippen LogP contribution in [0.25, 0.3) is 28.1 Å². The Hall–Kier alpha value is -2.96. The Morgan fingerprint density at radius 2 is 2.05 bits per heavy atom. The third-order valence-electron chi connectivity index (χ3n) is 2.86. The van der Waals surface area contributed by atoms with Gasteiger partial charge in [0.15, 0.2) is 11.2 Å². The predicted molar refractivity (Wildman–Crippen MR) is 68.6 cm³/mol. The number of oxazole rings is 1. The van der Waals surface area contributed by atoms with Gasteiger partial charge in [-0.2, -0.15) is 14.8 Å². The maximum absolute atomic E-state index is 5.77. The molecule has 0 aliphatic carbocycles. The summed E-state index contributed by atoms with van der Waals surface area (Å²) in [6.45, 7) is 0. The van der Waals surface area contributed by atoms with Crippen LogP contribution in [0.5, 0.6) is 0 Å². The molecule has 0 spiro atoms. The summed E-state index contributed by atoms with van der Waals surface area (Å²) in [5, 5.41) is 4.87. The van der Waals surface area contributed by atoms with Gasteiger partial charge in [-0.3, -0.25) is 0 Å². The number of aromatic nitrogens is 5. The third kappa shape index (κ3) is 1.38. The van der Waals surface area contributed by atoms with Crippen molar-refractivity contribution in [2.75, 3.05) is 5.73 Å². The van der Waals surface area contributed by atoms with E-state index in [9.17, 15) is 0 Å². The summed E-state index contributed by atoms with van der Waals surface area (Å²) in [5.41, 5.74) is 7.80. The molecule has 0 fully saturated rings. The van der Waals surface area contributed by atoms with E-state index in [0.29, 0.717) is 28.4 Å². The van der Waals surface area contributed by atoms with Gasteiger partial charge in [-0.25, -0.2) is 9.97 Å². The summed E-state index contributed by atoms with van der Waals surface area (Å²) in [5.74, 6) is 0.382. The van der Waals surface area contributed by atoms with E-state index in [0.717, 1.165) is 5.52 Å². The number of hydrogen-bond donors (Lipinski definition) is 1. The maximum atomic E-state index is 5.77. The second-order valence-corrected chi connectivity index (χ2v) is 4.02. The second-order valence-electron chi connectivity index (χ2n) is 4.02. The van der Waals surface area contributed by atoms with Gasteiger partial charge in [0, 0.05) is 0 Å². The van der Waals surface area contributed by atoms with Crippen LogP contribution in [0, 0.1) is 0 Å². The summed E-state index contributed by atoms with van der Waals surface area (Å²) in [6, 6.07) is 7.86. The first-order chi connectivity index (χ1) is 9.33. The zero-order chi connectivity index (χ0) is 12.8. The van der Waals surface area contributed by atoms with Crippen LogP contribution in [0.2, 0.25) is 0 Å². The fourth-order valence-electron chi connectivity index (χ4n) is 1.95. The lowest BCUT2D eigenvalue weighted by Gasteiger charge is -1.96. The lowest BCUT2D eigenvalue weighted by molar-refractivity contribution is 0.548. The molecule has 7 nitrogen and oxygen atoms in total. The zero-order valence-corrected chi connectivity index (χ0v) is 9.69. The van der Waals surface area contributed by atoms with Crippen molar-refractivity contribution in [2.45, 2.75) is 0 Å². The summed E-state index contributed by atoms with van der Waals surface area (Å²) in [6.07, 6.45) is 2.98. The van der Waals surface area contributed by atoms with Crippen LogP contribution in [0.1, 0.15) is 0 Å². The smallest absolute Gasteiger partial charge is 0.325 e. The van der Waals surface area contributed by atoms with E-state index in [1.165, 1.54) is 11.0 Å². The van der Waals surface area contributed by atoms with Crippen molar-refractivity contribution in [2.24, 2.45) is 0 Å². The number of nitrogens with two attached hydrogens (primary N) is 1. The van der Waals surface area contributed by atoms with Gasteiger partial charge in [0.1, 0.15) is 17.7 Å². The van der Waals surface area contributed by atoms with Crippen molar-refractivity contribution < 1.29 is 4.42 Å². The van der Waals surface area contributed by atoms with Gasteiger partial charge < -0.3 is 10.2 Å². The Morgan fingerprint density at radius 1 is 1.16 bits per heavy atom. The number of fused-ring (bicyclic) bond motifs is 2. The van der Waals surface area contributed by atoms with Crippen molar-refractivity contribution in [3.63, 3.8) is 0 Å². The quantitative estimate of drug-likeness (QED) is 0.552. The topological polar surface area (TPSA) is 95.7 Å². The van der Waals surface area contributed by atoms with Crippen LogP contribution < -0.4 is 5.73 Å². The molecule has 0 saturated heterocycles. The highest BCUT2D eigenvalue weighted by molar-refractivity contribution is 5.85. The van der Waals surface area contributed by atoms with Gasteiger partial charge >= 0.3 is 6.01 Å². The molecule has 0 bridgehead atoms. The van der Waals surface area contributed by atoms with Crippen LogP contribution >= 0.6 is 0 Å². The van der Waals surface area contributed by atoms with Gasteiger partial charge in [-0.1, -0.05) is 12.1 Å². The number of hydrogen-bond acceptors (Lipinski definition) is 6. The standard InChI is InChI=1S/C12H8N6O/c13-10-7-5-16-18(11(7)15-6-14-10)12-17-8-3-1-2-4-9(8)19-12/h1-6H,(H2,13,14,15).